The van der Waals surface area contributed by atoms with Crippen LogP contribution in [0.2, 0.25) is 0 Å². The number of thioether (sulfide) groups is 2. The lowest BCUT2D eigenvalue weighted by molar-refractivity contribution is 0.0931. The molecule has 3 rings (SSSR count). The van der Waals surface area contributed by atoms with Crippen LogP contribution in [0, 0.1) is 0 Å². The molecule has 0 aliphatic rings. The van der Waals surface area contributed by atoms with Crippen molar-refractivity contribution in [2.45, 2.75) is 17.4 Å². The maximum Gasteiger partial charge on any atom is 0.255 e. The zero-order chi connectivity index (χ0) is 19.2. The molecule has 0 saturated carbocycles. The van der Waals surface area contributed by atoms with Crippen LogP contribution >= 0.6 is 23.5 Å². The zero-order valence-electron chi connectivity index (χ0n) is 15.6. The van der Waals surface area contributed by atoms with Gasteiger partial charge in [0.25, 0.3) is 5.91 Å². The van der Waals surface area contributed by atoms with Crippen molar-refractivity contribution in [2.24, 2.45) is 0 Å². The molecule has 0 radical (unpaired) electrons. The molecule has 142 valence electrons. The first-order chi connectivity index (χ1) is 13.2. The summed E-state index contributed by atoms with van der Waals surface area (Å²) in [5.41, 5.74) is 2.40. The first-order valence-corrected chi connectivity index (χ1v) is 11.2. The molecule has 3 aromatic rings. The summed E-state index contributed by atoms with van der Waals surface area (Å²) in [5, 5.41) is 3.12. The highest BCUT2D eigenvalue weighted by Gasteiger charge is 2.21. The van der Waals surface area contributed by atoms with Crippen molar-refractivity contribution in [3.8, 4) is 5.75 Å². The molecule has 7 heteroatoms. The Labute approximate surface area is 167 Å². The molecule has 2 aromatic carbocycles. The van der Waals surface area contributed by atoms with E-state index in [-0.39, 0.29) is 11.9 Å². The van der Waals surface area contributed by atoms with E-state index in [0.29, 0.717) is 11.3 Å². The lowest BCUT2D eigenvalue weighted by atomic mass is 10.1. The molecule has 0 spiro atoms. The summed E-state index contributed by atoms with van der Waals surface area (Å²) < 4.78 is 5.42. The second-order valence-corrected chi connectivity index (χ2v) is 7.88. The van der Waals surface area contributed by atoms with Crippen molar-refractivity contribution in [3.05, 3.63) is 53.9 Å². The van der Waals surface area contributed by atoms with E-state index in [1.54, 1.807) is 30.6 Å². The van der Waals surface area contributed by atoms with Crippen LogP contribution in [0.1, 0.15) is 28.6 Å². The van der Waals surface area contributed by atoms with E-state index in [1.165, 1.54) is 0 Å². The zero-order valence-corrected chi connectivity index (χ0v) is 17.2. The Morgan fingerprint density at radius 1 is 1.26 bits per heavy atom. The van der Waals surface area contributed by atoms with Gasteiger partial charge < -0.3 is 15.0 Å². The quantitative estimate of drug-likeness (QED) is 0.543. The summed E-state index contributed by atoms with van der Waals surface area (Å²) >= 11 is 3.36. The number of aromatic amines is 1. The Morgan fingerprint density at radius 3 is 2.78 bits per heavy atom. The number of hydrogen-bond acceptors (Lipinski definition) is 5. The number of nitrogens with zero attached hydrogens (tertiary/aromatic N) is 1. The third-order valence-corrected chi connectivity index (χ3v) is 5.68. The van der Waals surface area contributed by atoms with Crippen LogP contribution in [0.25, 0.3) is 11.0 Å². The number of carbonyl (C=O) groups is 1. The van der Waals surface area contributed by atoms with Crippen molar-refractivity contribution in [2.75, 3.05) is 25.4 Å². The van der Waals surface area contributed by atoms with Crippen LogP contribution in [0.3, 0.4) is 0 Å². The number of amides is 1. The van der Waals surface area contributed by atoms with Crippen molar-refractivity contribution in [1.82, 2.24) is 15.3 Å². The molecule has 1 atom stereocenters. The number of fused-ring (bicyclic) bond motifs is 1. The van der Waals surface area contributed by atoms with Crippen molar-refractivity contribution in [3.63, 3.8) is 0 Å². The van der Waals surface area contributed by atoms with Gasteiger partial charge in [-0.1, -0.05) is 12.1 Å². The lowest BCUT2D eigenvalue weighted by Crippen LogP contribution is -2.30. The van der Waals surface area contributed by atoms with Crippen LogP contribution < -0.4 is 10.1 Å². The van der Waals surface area contributed by atoms with Crippen molar-refractivity contribution < 1.29 is 9.53 Å². The van der Waals surface area contributed by atoms with E-state index < -0.39 is 0 Å². The topological polar surface area (TPSA) is 67.0 Å². The predicted octanol–water partition coefficient (Wildman–Crippen LogP) is 4.52. The van der Waals surface area contributed by atoms with E-state index in [0.717, 1.165) is 33.9 Å². The number of H-pyrrole nitrogens is 1. The van der Waals surface area contributed by atoms with E-state index >= 15 is 0 Å². The molecule has 0 bridgehead atoms. The minimum Gasteiger partial charge on any atom is -0.496 e. The monoisotopic (exact) mass is 401 g/mol. The number of carbonyl (C=O) groups excluding carboxylic acids is 1. The fraction of sp³-hybridized carbons (Fsp3) is 0.300. The van der Waals surface area contributed by atoms with E-state index in [4.69, 9.17) is 4.74 Å². The molecule has 0 fully saturated rings. The summed E-state index contributed by atoms with van der Waals surface area (Å²) in [6.07, 6.45) is 4.84. The lowest BCUT2D eigenvalue weighted by Gasteiger charge is -2.17. The van der Waals surface area contributed by atoms with Gasteiger partial charge in [0.05, 0.1) is 29.7 Å². The summed E-state index contributed by atoms with van der Waals surface area (Å²) in [6, 6.07) is 13.3. The molecule has 27 heavy (non-hydrogen) atoms. The fourth-order valence-corrected chi connectivity index (χ4v) is 3.77. The maximum absolute atomic E-state index is 12.9. The molecule has 1 aromatic heterocycles. The third kappa shape index (κ3) is 4.59. The van der Waals surface area contributed by atoms with Crippen molar-refractivity contribution >= 4 is 40.5 Å². The predicted molar refractivity (Wildman–Crippen MR) is 114 cm³/mol. The van der Waals surface area contributed by atoms with E-state index in [9.17, 15) is 4.79 Å². The van der Waals surface area contributed by atoms with Gasteiger partial charge in [0.15, 0.2) is 0 Å². The van der Waals surface area contributed by atoms with Crippen LogP contribution in [0.5, 0.6) is 5.75 Å². The van der Waals surface area contributed by atoms with Gasteiger partial charge in [-0.3, -0.25) is 4.79 Å². The van der Waals surface area contributed by atoms with Gasteiger partial charge in [0.1, 0.15) is 11.6 Å². The molecular formula is C20H23N3O2S2. The van der Waals surface area contributed by atoms with E-state index in [2.05, 4.69) is 21.5 Å². The minimum atomic E-state index is -0.192. The number of rotatable bonds is 8. The molecule has 5 nitrogen and oxygen atoms in total. The van der Waals surface area contributed by atoms with Crippen LogP contribution in [0.15, 0.2) is 47.4 Å². The molecule has 0 aliphatic heterocycles. The second kappa shape index (κ2) is 9.19. The van der Waals surface area contributed by atoms with Gasteiger partial charge in [-0.2, -0.15) is 11.8 Å². The average molecular weight is 402 g/mol. The Balaban J connectivity index is 1.87. The van der Waals surface area contributed by atoms with Gasteiger partial charge >= 0.3 is 0 Å². The normalized spacial score (nSPS) is 12.1. The van der Waals surface area contributed by atoms with Crippen LogP contribution in [0.4, 0.5) is 0 Å². The average Bonchev–Trinajstić information content (AvgIpc) is 3.14. The smallest absolute Gasteiger partial charge is 0.255 e. The van der Waals surface area contributed by atoms with Gasteiger partial charge in [0.2, 0.25) is 0 Å². The molecule has 1 heterocycles. The first kappa shape index (κ1) is 19.6. The SMILES string of the molecule is COc1cc(SC)ccc1C(=O)N[C@@H](CCSC)c1nc2ccccc2[nH]1. The molecule has 0 unspecified atom stereocenters. The number of benzene rings is 2. The van der Waals surface area contributed by atoms with Gasteiger partial charge in [-0.05, 0) is 55.0 Å². The Morgan fingerprint density at radius 2 is 2.07 bits per heavy atom. The largest absolute Gasteiger partial charge is 0.496 e. The van der Waals surface area contributed by atoms with Gasteiger partial charge in [0, 0.05) is 4.90 Å². The molecular weight excluding hydrogens is 378 g/mol. The third-order valence-electron chi connectivity index (χ3n) is 4.31. The number of imidazole rings is 1. The number of aromatic nitrogens is 2. The fourth-order valence-electron chi connectivity index (χ4n) is 2.87. The molecule has 1 amide bonds. The van der Waals surface area contributed by atoms with E-state index in [1.807, 2.05) is 48.7 Å². The Kier molecular flexibility index (Phi) is 6.68. The van der Waals surface area contributed by atoms with Gasteiger partial charge in [-0.15, -0.1) is 11.8 Å². The maximum atomic E-state index is 12.9. The van der Waals surface area contributed by atoms with Crippen LogP contribution in [-0.4, -0.2) is 41.2 Å². The first-order valence-electron chi connectivity index (χ1n) is 8.62. The second-order valence-electron chi connectivity index (χ2n) is 6.01. The summed E-state index contributed by atoms with van der Waals surface area (Å²) in [5.74, 6) is 2.11. The highest BCUT2D eigenvalue weighted by Crippen LogP contribution is 2.27. The standard InChI is InChI=1S/C20H23N3O2S2/c1-25-18-12-13(27-3)8-9-14(18)20(24)23-17(10-11-26-2)19-21-15-6-4-5-7-16(15)22-19/h4-9,12,17H,10-11H2,1-3H3,(H,21,22)(H,23,24)/t17-/m0/s1. The summed E-state index contributed by atoms with van der Waals surface area (Å²) in [7, 11) is 1.58. The number of hydrogen-bond donors (Lipinski definition) is 2. The highest BCUT2D eigenvalue weighted by molar-refractivity contribution is 7.98. The molecule has 2 N–H and O–H groups in total. The summed E-state index contributed by atoms with van der Waals surface area (Å²) in [4.78, 5) is 22.0. The number of ether oxygens (including phenoxy) is 1. The minimum absolute atomic E-state index is 0.161. The Bertz CT molecular complexity index is 893. The van der Waals surface area contributed by atoms with Crippen LogP contribution in [-0.2, 0) is 0 Å². The highest BCUT2D eigenvalue weighted by atomic mass is 32.2. The number of para-hydroxylation sites is 2. The van der Waals surface area contributed by atoms with Crippen molar-refractivity contribution in [1.29, 1.82) is 0 Å². The number of nitrogens with one attached hydrogen (secondary N) is 2. The summed E-state index contributed by atoms with van der Waals surface area (Å²) in [6.45, 7) is 0. The number of methoxy groups -OCH3 is 1. The Hall–Kier alpha value is -2.12. The van der Waals surface area contributed by atoms with Gasteiger partial charge in [-0.25, -0.2) is 4.98 Å². The molecule has 0 saturated heterocycles. The molecule has 0 aliphatic carbocycles.